The van der Waals surface area contributed by atoms with Crippen molar-refractivity contribution < 1.29 is 0 Å². The number of hydrogen-bond donors (Lipinski definition) is 0. The van der Waals surface area contributed by atoms with E-state index in [1.54, 1.807) is 11.1 Å². The molecule has 0 spiro atoms. The second kappa shape index (κ2) is 3.83. The Morgan fingerprint density at radius 2 is 2.31 bits per heavy atom. The standard InChI is InChI=1S/C12H15Br/c1-2-9-4-3-5-10-8-11(13)6-7-12(9)10/h6-9H,2-5H2,1H3/t9-/m1/s1. The van der Waals surface area contributed by atoms with Crippen LogP contribution in [0.1, 0.15) is 43.2 Å². The topological polar surface area (TPSA) is 0 Å². The maximum atomic E-state index is 3.53. The Balaban J connectivity index is 2.40. The molecule has 0 nitrogen and oxygen atoms in total. The van der Waals surface area contributed by atoms with Crippen LogP contribution < -0.4 is 0 Å². The largest absolute Gasteiger partial charge is 0.0648 e. The fourth-order valence-corrected chi connectivity index (χ4v) is 2.72. The summed E-state index contributed by atoms with van der Waals surface area (Å²) in [5, 5.41) is 0. The molecule has 1 heteroatoms. The second-order valence-electron chi connectivity index (χ2n) is 3.84. The summed E-state index contributed by atoms with van der Waals surface area (Å²) in [6.45, 7) is 2.29. The summed E-state index contributed by atoms with van der Waals surface area (Å²) < 4.78 is 1.23. The molecule has 1 aromatic carbocycles. The van der Waals surface area contributed by atoms with Crippen molar-refractivity contribution in [3.8, 4) is 0 Å². The second-order valence-corrected chi connectivity index (χ2v) is 4.76. The normalized spacial score (nSPS) is 21.2. The number of halogens is 1. The number of rotatable bonds is 1. The van der Waals surface area contributed by atoms with Gasteiger partial charge in [-0.1, -0.05) is 28.9 Å². The van der Waals surface area contributed by atoms with E-state index in [0.29, 0.717) is 0 Å². The Labute approximate surface area is 88.5 Å². The molecular weight excluding hydrogens is 224 g/mol. The molecule has 0 N–H and O–H groups in total. The fourth-order valence-electron chi connectivity index (χ4n) is 2.31. The van der Waals surface area contributed by atoms with Crippen molar-refractivity contribution in [3.63, 3.8) is 0 Å². The molecule has 0 amide bonds. The lowest BCUT2D eigenvalue weighted by Gasteiger charge is -2.24. The van der Waals surface area contributed by atoms with Crippen LogP contribution in [0.3, 0.4) is 0 Å². The van der Waals surface area contributed by atoms with E-state index in [-0.39, 0.29) is 0 Å². The first-order valence-electron chi connectivity index (χ1n) is 5.09. The Kier molecular flexibility index (Phi) is 2.73. The average molecular weight is 239 g/mol. The molecule has 0 saturated carbocycles. The fraction of sp³-hybridized carbons (Fsp3) is 0.500. The van der Waals surface area contributed by atoms with Gasteiger partial charge in [-0.25, -0.2) is 0 Å². The molecule has 0 heterocycles. The van der Waals surface area contributed by atoms with Crippen molar-refractivity contribution in [3.05, 3.63) is 33.8 Å². The summed E-state index contributed by atoms with van der Waals surface area (Å²) in [6, 6.07) is 6.76. The monoisotopic (exact) mass is 238 g/mol. The summed E-state index contributed by atoms with van der Waals surface area (Å²) in [7, 11) is 0. The third kappa shape index (κ3) is 1.80. The first-order valence-corrected chi connectivity index (χ1v) is 5.89. The molecule has 1 atom stereocenters. The van der Waals surface area contributed by atoms with Gasteiger partial charge in [0.05, 0.1) is 0 Å². The Morgan fingerprint density at radius 1 is 1.46 bits per heavy atom. The number of benzene rings is 1. The zero-order valence-electron chi connectivity index (χ0n) is 8.02. The van der Waals surface area contributed by atoms with E-state index in [9.17, 15) is 0 Å². The maximum Gasteiger partial charge on any atom is 0.0178 e. The molecule has 2 rings (SSSR count). The first-order chi connectivity index (χ1) is 6.31. The Morgan fingerprint density at radius 3 is 3.08 bits per heavy atom. The van der Waals surface area contributed by atoms with Gasteiger partial charge in [0.15, 0.2) is 0 Å². The summed E-state index contributed by atoms with van der Waals surface area (Å²) in [4.78, 5) is 0. The van der Waals surface area contributed by atoms with Gasteiger partial charge in [-0.3, -0.25) is 0 Å². The van der Waals surface area contributed by atoms with E-state index in [1.165, 1.54) is 30.2 Å². The van der Waals surface area contributed by atoms with E-state index in [4.69, 9.17) is 0 Å². The smallest absolute Gasteiger partial charge is 0.0178 e. The van der Waals surface area contributed by atoms with Gasteiger partial charge in [-0.2, -0.15) is 0 Å². The first kappa shape index (κ1) is 9.26. The van der Waals surface area contributed by atoms with Gasteiger partial charge in [0, 0.05) is 4.47 Å². The van der Waals surface area contributed by atoms with Crippen LogP contribution in [0, 0.1) is 0 Å². The van der Waals surface area contributed by atoms with Crippen molar-refractivity contribution in [1.82, 2.24) is 0 Å². The molecule has 0 saturated heterocycles. The van der Waals surface area contributed by atoms with Crippen molar-refractivity contribution in [2.75, 3.05) is 0 Å². The molecule has 70 valence electrons. The van der Waals surface area contributed by atoms with Gasteiger partial charge in [0.25, 0.3) is 0 Å². The summed E-state index contributed by atoms with van der Waals surface area (Å²) >= 11 is 3.53. The minimum absolute atomic E-state index is 0.817. The molecule has 0 aromatic heterocycles. The van der Waals surface area contributed by atoms with E-state index in [1.807, 2.05) is 0 Å². The van der Waals surface area contributed by atoms with Crippen molar-refractivity contribution in [2.45, 2.75) is 38.5 Å². The van der Waals surface area contributed by atoms with Crippen molar-refractivity contribution in [2.24, 2.45) is 0 Å². The summed E-state index contributed by atoms with van der Waals surface area (Å²) in [6.07, 6.45) is 5.30. The summed E-state index contributed by atoms with van der Waals surface area (Å²) in [5.74, 6) is 0.817. The average Bonchev–Trinajstić information content (AvgIpc) is 2.16. The van der Waals surface area contributed by atoms with Gasteiger partial charge < -0.3 is 0 Å². The number of aryl methyl sites for hydroxylation is 1. The van der Waals surface area contributed by atoms with Gasteiger partial charge in [-0.15, -0.1) is 0 Å². The zero-order valence-corrected chi connectivity index (χ0v) is 9.60. The van der Waals surface area contributed by atoms with Crippen LogP contribution in [-0.4, -0.2) is 0 Å². The molecule has 13 heavy (non-hydrogen) atoms. The highest BCUT2D eigenvalue weighted by molar-refractivity contribution is 9.10. The predicted molar refractivity (Wildman–Crippen MR) is 60.1 cm³/mol. The molecular formula is C12H15Br. The van der Waals surface area contributed by atoms with Crippen LogP contribution in [0.25, 0.3) is 0 Å². The highest BCUT2D eigenvalue weighted by atomic mass is 79.9. The molecule has 0 unspecified atom stereocenters. The third-order valence-corrected chi connectivity index (χ3v) is 3.53. The van der Waals surface area contributed by atoms with E-state index < -0.39 is 0 Å². The molecule has 0 radical (unpaired) electrons. The summed E-state index contributed by atoms with van der Waals surface area (Å²) in [5.41, 5.74) is 3.16. The van der Waals surface area contributed by atoms with Crippen molar-refractivity contribution in [1.29, 1.82) is 0 Å². The van der Waals surface area contributed by atoms with Crippen LogP contribution >= 0.6 is 15.9 Å². The molecule has 1 aromatic rings. The predicted octanol–water partition coefficient (Wildman–Crippen LogP) is 4.28. The van der Waals surface area contributed by atoms with Gasteiger partial charge in [0.1, 0.15) is 0 Å². The minimum Gasteiger partial charge on any atom is -0.0648 e. The van der Waals surface area contributed by atoms with E-state index in [2.05, 4.69) is 41.1 Å². The third-order valence-electron chi connectivity index (χ3n) is 3.04. The molecule has 0 fully saturated rings. The molecule has 0 bridgehead atoms. The van der Waals surface area contributed by atoms with Crippen LogP contribution in [0.5, 0.6) is 0 Å². The maximum absolute atomic E-state index is 3.53. The lowest BCUT2D eigenvalue weighted by atomic mass is 9.81. The minimum atomic E-state index is 0.817. The SMILES string of the molecule is CC[C@@H]1CCCc2cc(Br)ccc21. The highest BCUT2D eigenvalue weighted by Crippen LogP contribution is 2.34. The van der Waals surface area contributed by atoms with Gasteiger partial charge >= 0.3 is 0 Å². The van der Waals surface area contributed by atoms with E-state index >= 15 is 0 Å². The van der Waals surface area contributed by atoms with Crippen LogP contribution in [-0.2, 0) is 6.42 Å². The van der Waals surface area contributed by atoms with Crippen molar-refractivity contribution >= 4 is 15.9 Å². The Hall–Kier alpha value is -0.300. The van der Waals surface area contributed by atoms with Gasteiger partial charge in [0.2, 0.25) is 0 Å². The lowest BCUT2D eigenvalue weighted by molar-refractivity contribution is 0.540. The lowest BCUT2D eigenvalue weighted by Crippen LogP contribution is -2.08. The Bertz CT molecular complexity index is 304. The quantitative estimate of drug-likeness (QED) is 0.686. The molecule has 1 aliphatic rings. The van der Waals surface area contributed by atoms with Crippen LogP contribution in [0.4, 0.5) is 0 Å². The zero-order chi connectivity index (χ0) is 9.26. The molecule has 1 aliphatic carbocycles. The number of hydrogen-bond acceptors (Lipinski definition) is 0. The van der Waals surface area contributed by atoms with Crippen LogP contribution in [0.2, 0.25) is 0 Å². The van der Waals surface area contributed by atoms with E-state index in [0.717, 1.165) is 5.92 Å². The van der Waals surface area contributed by atoms with Crippen LogP contribution in [0.15, 0.2) is 22.7 Å². The highest BCUT2D eigenvalue weighted by Gasteiger charge is 2.18. The molecule has 0 aliphatic heterocycles. The number of fused-ring (bicyclic) bond motifs is 1. The van der Waals surface area contributed by atoms with Gasteiger partial charge in [-0.05, 0) is 54.9 Å².